The standard InChI is InChI=1S/C22H35N3/c1-2-7-18(8-3-1)16-25-14-12-19(17-25)15-24-22-11-6-9-20(22)21-10-4-5-13-23-21/h1-3,7-8,19-24H,4-6,9-17H2. The van der Waals surface area contributed by atoms with Gasteiger partial charge in [-0.2, -0.15) is 0 Å². The van der Waals surface area contributed by atoms with Crippen LogP contribution in [0.25, 0.3) is 0 Å². The third kappa shape index (κ3) is 4.64. The van der Waals surface area contributed by atoms with E-state index in [2.05, 4.69) is 45.9 Å². The molecule has 2 heterocycles. The lowest BCUT2D eigenvalue weighted by atomic mass is 9.88. The van der Waals surface area contributed by atoms with Gasteiger partial charge in [0.05, 0.1) is 0 Å². The molecular formula is C22H35N3. The molecule has 0 amide bonds. The van der Waals surface area contributed by atoms with Crippen LogP contribution in [0.3, 0.4) is 0 Å². The molecule has 3 fully saturated rings. The average molecular weight is 342 g/mol. The molecule has 2 N–H and O–H groups in total. The van der Waals surface area contributed by atoms with E-state index in [1.165, 1.54) is 76.7 Å². The first kappa shape index (κ1) is 17.5. The molecule has 1 aliphatic carbocycles. The second-order valence-corrected chi connectivity index (χ2v) is 8.54. The maximum atomic E-state index is 3.99. The normalized spacial score (nSPS) is 33.8. The fourth-order valence-corrected chi connectivity index (χ4v) is 5.35. The molecule has 4 unspecified atom stereocenters. The van der Waals surface area contributed by atoms with Crippen LogP contribution in [0.5, 0.6) is 0 Å². The van der Waals surface area contributed by atoms with Crippen molar-refractivity contribution in [2.75, 3.05) is 26.2 Å². The molecule has 4 atom stereocenters. The maximum Gasteiger partial charge on any atom is 0.0233 e. The Kier molecular flexibility index (Phi) is 6.06. The highest BCUT2D eigenvalue weighted by Crippen LogP contribution is 2.32. The Morgan fingerprint density at radius 3 is 2.76 bits per heavy atom. The van der Waals surface area contributed by atoms with E-state index in [1.54, 1.807) is 0 Å². The molecule has 1 aromatic rings. The highest BCUT2D eigenvalue weighted by molar-refractivity contribution is 5.14. The van der Waals surface area contributed by atoms with Gasteiger partial charge in [-0.15, -0.1) is 0 Å². The third-order valence-corrected chi connectivity index (χ3v) is 6.72. The predicted molar refractivity (Wildman–Crippen MR) is 105 cm³/mol. The minimum absolute atomic E-state index is 0.763. The smallest absolute Gasteiger partial charge is 0.0233 e. The van der Waals surface area contributed by atoms with E-state index in [0.717, 1.165) is 30.5 Å². The van der Waals surface area contributed by atoms with E-state index < -0.39 is 0 Å². The Hall–Kier alpha value is -0.900. The molecule has 25 heavy (non-hydrogen) atoms. The first-order valence-corrected chi connectivity index (χ1v) is 10.6. The molecule has 3 heteroatoms. The van der Waals surface area contributed by atoms with Gasteiger partial charge in [0, 0.05) is 25.2 Å². The van der Waals surface area contributed by atoms with Crippen LogP contribution >= 0.6 is 0 Å². The van der Waals surface area contributed by atoms with Crippen LogP contribution in [0, 0.1) is 11.8 Å². The fraction of sp³-hybridized carbons (Fsp3) is 0.727. The third-order valence-electron chi connectivity index (χ3n) is 6.72. The molecule has 0 radical (unpaired) electrons. The number of nitrogens with zero attached hydrogens (tertiary/aromatic N) is 1. The van der Waals surface area contributed by atoms with Gasteiger partial charge < -0.3 is 10.6 Å². The zero-order valence-corrected chi connectivity index (χ0v) is 15.6. The Morgan fingerprint density at radius 2 is 1.92 bits per heavy atom. The topological polar surface area (TPSA) is 27.3 Å². The van der Waals surface area contributed by atoms with Crippen LogP contribution in [0.15, 0.2) is 30.3 Å². The second-order valence-electron chi connectivity index (χ2n) is 8.54. The van der Waals surface area contributed by atoms with Gasteiger partial charge in [-0.25, -0.2) is 0 Å². The number of likely N-dealkylation sites (tertiary alicyclic amines) is 1. The molecule has 3 aliphatic rings. The number of hydrogen-bond acceptors (Lipinski definition) is 3. The van der Waals surface area contributed by atoms with E-state index in [9.17, 15) is 0 Å². The number of nitrogens with one attached hydrogen (secondary N) is 2. The van der Waals surface area contributed by atoms with Crippen LogP contribution < -0.4 is 10.6 Å². The summed E-state index contributed by atoms with van der Waals surface area (Å²) in [6.45, 7) is 6.11. The molecule has 4 rings (SSSR count). The van der Waals surface area contributed by atoms with Crippen molar-refractivity contribution < 1.29 is 0 Å². The van der Waals surface area contributed by atoms with E-state index in [-0.39, 0.29) is 0 Å². The number of rotatable bonds is 6. The van der Waals surface area contributed by atoms with Crippen molar-refractivity contribution in [3.8, 4) is 0 Å². The lowest BCUT2D eigenvalue weighted by Crippen LogP contribution is -2.47. The Labute approximate surface area is 153 Å². The summed E-state index contributed by atoms with van der Waals surface area (Å²) >= 11 is 0. The molecule has 0 aromatic heterocycles. The van der Waals surface area contributed by atoms with Crippen molar-refractivity contribution in [3.05, 3.63) is 35.9 Å². The van der Waals surface area contributed by atoms with Gasteiger partial charge in [-0.3, -0.25) is 4.90 Å². The monoisotopic (exact) mass is 341 g/mol. The van der Waals surface area contributed by atoms with Crippen LogP contribution in [0.1, 0.15) is 50.5 Å². The molecule has 1 aromatic carbocycles. The largest absolute Gasteiger partial charge is 0.314 e. The maximum absolute atomic E-state index is 3.99. The summed E-state index contributed by atoms with van der Waals surface area (Å²) in [5, 5.41) is 7.79. The lowest BCUT2D eigenvalue weighted by molar-refractivity contribution is 0.249. The summed E-state index contributed by atoms with van der Waals surface area (Å²) in [5.41, 5.74) is 1.45. The van der Waals surface area contributed by atoms with Gasteiger partial charge in [-0.1, -0.05) is 43.2 Å². The molecule has 2 aliphatic heterocycles. The summed E-state index contributed by atoms with van der Waals surface area (Å²) < 4.78 is 0. The summed E-state index contributed by atoms with van der Waals surface area (Å²) in [4.78, 5) is 2.64. The van der Waals surface area contributed by atoms with Crippen LogP contribution in [-0.2, 0) is 6.54 Å². The van der Waals surface area contributed by atoms with Gasteiger partial charge in [0.25, 0.3) is 0 Å². The quantitative estimate of drug-likeness (QED) is 0.830. The van der Waals surface area contributed by atoms with Crippen molar-refractivity contribution in [2.45, 2.75) is 63.6 Å². The summed E-state index contributed by atoms with van der Waals surface area (Å²) in [6, 6.07) is 12.5. The first-order valence-electron chi connectivity index (χ1n) is 10.6. The van der Waals surface area contributed by atoms with E-state index in [4.69, 9.17) is 0 Å². The minimum Gasteiger partial charge on any atom is -0.314 e. The average Bonchev–Trinajstić information content (AvgIpc) is 3.31. The highest BCUT2D eigenvalue weighted by atomic mass is 15.1. The van der Waals surface area contributed by atoms with Crippen molar-refractivity contribution >= 4 is 0 Å². The number of piperidine rings is 1. The van der Waals surface area contributed by atoms with Crippen molar-refractivity contribution in [1.82, 2.24) is 15.5 Å². The van der Waals surface area contributed by atoms with E-state index >= 15 is 0 Å². The number of hydrogen-bond donors (Lipinski definition) is 2. The Bertz CT molecular complexity index is 511. The molecule has 2 saturated heterocycles. The summed E-state index contributed by atoms with van der Waals surface area (Å²) in [6.07, 6.45) is 9.81. The molecule has 0 bridgehead atoms. The van der Waals surface area contributed by atoms with Crippen LogP contribution in [0.4, 0.5) is 0 Å². The Balaban J connectivity index is 1.22. The van der Waals surface area contributed by atoms with Crippen molar-refractivity contribution in [2.24, 2.45) is 11.8 Å². The molecule has 138 valence electrons. The first-order chi connectivity index (χ1) is 12.4. The highest BCUT2D eigenvalue weighted by Gasteiger charge is 2.34. The minimum atomic E-state index is 0.763. The predicted octanol–water partition coefficient (Wildman–Crippen LogP) is 3.41. The van der Waals surface area contributed by atoms with Gasteiger partial charge in [0.1, 0.15) is 0 Å². The zero-order chi connectivity index (χ0) is 16.9. The van der Waals surface area contributed by atoms with Crippen LogP contribution in [-0.4, -0.2) is 43.2 Å². The number of benzene rings is 1. The lowest BCUT2D eigenvalue weighted by Gasteiger charge is -2.33. The fourth-order valence-electron chi connectivity index (χ4n) is 5.35. The summed E-state index contributed by atoms with van der Waals surface area (Å²) in [5.74, 6) is 1.71. The van der Waals surface area contributed by atoms with Gasteiger partial charge in [0.15, 0.2) is 0 Å². The SMILES string of the molecule is c1ccc(CN2CCC(CNC3CCCC3C3CCCCN3)C2)cc1. The van der Waals surface area contributed by atoms with Crippen LogP contribution in [0.2, 0.25) is 0 Å². The molecule has 1 saturated carbocycles. The van der Waals surface area contributed by atoms with Crippen molar-refractivity contribution in [1.29, 1.82) is 0 Å². The van der Waals surface area contributed by atoms with Crippen molar-refractivity contribution in [3.63, 3.8) is 0 Å². The second kappa shape index (κ2) is 8.66. The van der Waals surface area contributed by atoms with E-state index in [1.807, 2.05) is 0 Å². The molecular weight excluding hydrogens is 306 g/mol. The van der Waals surface area contributed by atoms with Gasteiger partial charge in [-0.05, 0) is 69.1 Å². The Morgan fingerprint density at radius 1 is 1.00 bits per heavy atom. The molecule has 3 nitrogen and oxygen atoms in total. The van der Waals surface area contributed by atoms with E-state index in [0.29, 0.717) is 0 Å². The zero-order valence-electron chi connectivity index (χ0n) is 15.6. The van der Waals surface area contributed by atoms with Gasteiger partial charge >= 0.3 is 0 Å². The molecule has 0 spiro atoms. The summed E-state index contributed by atoms with van der Waals surface area (Å²) in [7, 11) is 0. The van der Waals surface area contributed by atoms with Gasteiger partial charge in [0.2, 0.25) is 0 Å².